The Labute approximate surface area is 213 Å². The molecule has 9 aliphatic carbocycles. The maximum absolute atomic E-state index is 13.0. The molecule has 6 heteroatoms. The monoisotopic (exact) mass is 502 g/mol. The van der Waals surface area contributed by atoms with Crippen molar-refractivity contribution >= 4 is 34.0 Å². The van der Waals surface area contributed by atoms with Gasteiger partial charge in [0.1, 0.15) is 0 Å². The molecule has 188 valence electrons. The van der Waals surface area contributed by atoms with Crippen molar-refractivity contribution in [2.24, 2.45) is 35.5 Å². The first-order chi connectivity index (χ1) is 16.4. The van der Waals surface area contributed by atoms with Crippen LogP contribution in [0.3, 0.4) is 0 Å². The smallest absolute Gasteiger partial charge is 0.279 e. The average molecular weight is 503 g/mol. The second kappa shape index (κ2) is 8.60. The van der Waals surface area contributed by atoms with E-state index in [1.165, 1.54) is 77.0 Å². The Bertz CT molecular complexity index is 698. The van der Waals surface area contributed by atoms with Crippen molar-refractivity contribution < 1.29 is 9.59 Å². The molecule has 0 aromatic heterocycles. The van der Waals surface area contributed by atoms with E-state index in [9.17, 15) is 9.59 Å². The fourth-order valence-electron chi connectivity index (χ4n) is 10.5. The second-order valence-electron chi connectivity index (χ2n) is 13.8. The third-order valence-electron chi connectivity index (χ3n) is 11.0. The number of thioether (sulfide) groups is 2. The summed E-state index contributed by atoms with van der Waals surface area (Å²) in [6, 6.07) is 0.579. The standard InChI is InChI=1S/C28H42N2O2S2/c31-25(33-27-11-17-5-18(12-27)7-19(6-17)13-27)29-23-1-2-24(4-3-23)30-26(32)34-28-14-20-8-21(15-28)10-22(9-20)16-28/h17-24H,1-16H2,(H,29,31)(H,30,32). The zero-order valence-electron chi connectivity index (χ0n) is 20.6. The van der Waals surface area contributed by atoms with Crippen LogP contribution < -0.4 is 10.6 Å². The fraction of sp³-hybridized carbons (Fsp3) is 0.929. The van der Waals surface area contributed by atoms with Crippen LogP contribution in [0.2, 0.25) is 0 Å². The lowest BCUT2D eigenvalue weighted by atomic mass is 9.56. The van der Waals surface area contributed by atoms with E-state index in [1.807, 2.05) is 0 Å². The summed E-state index contributed by atoms with van der Waals surface area (Å²) in [5.41, 5.74) is 0. The molecule has 8 bridgehead atoms. The largest absolute Gasteiger partial charge is 0.344 e. The predicted octanol–water partition coefficient (Wildman–Crippen LogP) is 7.12. The predicted molar refractivity (Wildman–Crippen MR) is 140 cm³/mol. The molecular formula is C28H42N2O2S2. The molecule has 2 N–H and O–H groups in total. The van der Waals surface area contributed by atoms with Gasteiger partial charge in [0.05, 0.1) is 0 Å². The Balaban J connectivity index is 0.864. The SMILES string of the molecule is O=C(NC1CCC(NC(=O)SC23CC4CC(CC(C4)C2)C3)CC1)SC12CC3CC(CC(C3)C1)C2. The number of carbonyl (C=O) groups excluding carboxylic acids is 2. The van der Waals surface area contributed by atoms with E-state index in [4.69, 9.17) is 0 Å². The van der Waals surface area contributed by atoms with Crippen molar-refractivity contribution in [3.05, 3.63) is 0 Å². The Hall–Kier alpha value is -0.360. The van der Waals surface area contributed by atoms with Crippen molar-refractivity contribution in [2.75, 3.05) is 0 Å². The highest BCUT2D eigenvalue weighted by Gasteiger charge is 2.53. The fourth-order valence-corrected chi connectivity index (χ4v) is 13.6. The van der Waals surface area contributed by atoms with Crippen LogP contribution in [0.5, 0.6) is 0 Å². The average Bonchev–Trinajstić information content (AvgIpc) is 2.72. The Morgan fingerprint density at radius 3 is 1.03 bits per heavy atom. The van der Waals surface area contributed by atoms with E-state index in [2.05, 4.69) is 10.6 Å². The van der Waals surface area contributed by atoms with Gasteiger partial charge in [-0.1, -0.05) is 23.5 Å². The molecule has 0 saturated heterocycles. The Morgan fingerprint density at radius 2 is 0.765 bits per heavy atom. The quantitative estimate of drug-likeness (QED) is 0.430. The van der Waals surface area contributed by atoms with E-state index >= 15 is 0 Å². The molecule has 0 heterocycles. The first-order valence-electron chi connectivity index (χ1n) is 14.4. The van der Waals surface area contributed by atoms with Gasteiger partial charge in [0.2, 0.25) is 0 Å². The molecule has 4 nitrogen and oxygen atoms in total. The van der Waals surface area contributed by atoms with Crippen LogP contribution >= 0.6 is 23.5 Å². The summed E-state index contributed by atoms with van der Waals surface area (Å²) in [5.74, 6) is 5.34. The zero-order chi connectivity index (χ0) is 22.9. The molecule has 0 spiro atoms. The Morgan fingerprint density at radius 1 is 0.500 bits per heavy atom. The lowest BCUT2D eigenvalue weighted by molar-refractivity contribution is 0.0384. The van der Waals surface area contributed by atoms with Crippen LogP contribution in [-0.2, 0) is 0 Å². The molecule has 9 rings (SSSR count). The summed E-state index contributed by atoms with van der Waals surface area (Å²) in [5, 5.41) is 7.21. The van der Waals surface area contributed by atoms with Crippen molar-refractivity contribution in [1.82, 2.24) is 10.6 Å². The van der Waals surface area contributed by atoms with Crippen LogP contribution in [0.4, 0.5) is 9.59 Å². The summed E-state index contributed by atoms with van der Waals surface area (Å²) < 4.78 is 0.497. The minimum absolute atomic E-state index is 0.229. The molecular weight excluding hydrogens is 460 g/mol. The van der Waals surface area contributed by atoms with E-state index in [1.54, 1.807) is 23.5 Å². The van der Waals surface area contributed by atoms with Gasteiger partial charge < -0.3 is 10.6 Å². The van der Waals surface area contributed by atoms with Crippen molar-refractivity contribution in [3.63, 3.8) is 0 Å². The van der Waals surface area contributed by atoms with E-state index in [0.717, 1.165) is 61.2 Å². The van der Waals surface area contributed by atoms with Gasteiger partial charge in [-0.25, -0.2) is 0 Å². The molecule has 9 saturated carbocycles. The minimum Gasteiger partial charge on any atom is -0.344 e. The van der Waals surface area contributed by atoms with Crippen LogP contribution in [0.15, 0.2) is 0 Å². The number of rotatable bonds is 4. The van der Waals surface area contributed by atoms with Crippen LogP contribution in [0.1, 0.15) is 103 Å². The number of hydrogen-bond acceptors (Lipinski definition) is 4. The van der Waals surface area contributed by atoms with Crippen LogP contribution in [-0.4, -0.2) is 32.1 Å². The lowest BCUT2D eigenvalue weighted by Gasteiger charge is -2.56. The molecule has 9 fully saturated rings. The molecule has 0 aromatic carbocycles. The second-order valence-corrected chi connectivity index (χ2v) is 16.7. The van der Waals surface area contributed by atoms with E-state index in [0.29, 0.717) is 0 Å². The van der Waals surface area contributed by atoms with Gasteiger partial charge in [-0.05, 0) is 138 Å². The third-order valence-corrected chi connectivity index (χ3v) is 13.4. The van der Waals surface area contributed by atoms with Crippen molar-refractivity contribution in [2.45, 2.75) is 124 Å². The van der Waals surface area contributed by atoms with Gasteiger partial charge in [0, 0.05) is 21.6 Å². The first kappa shape index (κ1) is 22.8. The summed E-state index contributed by atoms with van der Waals surface area (Å²) in [4.78, 5) is 26.0. The summed E-state index contributed by atoms with van der Waals surface area (Å²) in [6.45, 7) is 0. The first-order valence-corrected chi connectivity index (χ1v) is 16.0. The highest BCUT2D eigenvalue weighted by atomic mass is 32.2. The topological polar surface area (TPSA) is 58.2 Å². The van der Waals surface area contributed by atoms with Gasteiger partial charge in [-0.3, -0.25) is 9.59 Å². The van der Waals surface area contributed by atoms with Crippen molar-refractivity contribution in [1.29, 1.82) is 0 Å². The van der Waals surface area contributed by atoms with Gasteiger partial charge in [0.15, 0.2) is 0 Å². The molecule has 0 radical (unpaired) electrons. The van der Waals surface area contributed by atoms with Gasteiger partial charge in [0.25, 0.3) is 10.5 Å². The molecule has 9 aliphatic rings. The summed E-state index contributed by atoms with van der Waals surface area (Å²) >= 11 is 3.34. The zero-order valence-corrected chi connectivity index (χ0v) is 22.2. The maximum atomic E-state index is 13.0. The van der Waals surface area contributed by atoms with E-state index in [-0.39, 0.29) is 32.1 Å². The maximum Gasteiger partial charge on any atom is 0.279 e. The van der Waals surface area contributed by atoms with Gasteiger partial charge in [-0.2, -0.15) is 0 Å². The van der Waals surface area contributed by atoms with Crippen LogP contribution in [0, 0.1) is 35.5 Å². The molecule has 0 atom stereocenters. The number of nitrogens with one attached hydrogen (secondary N) is 2. The normalized spacial score (nSPS) is 50.4. The molecule has 0 aliphatic heterocycles. The lowest BCUT2D eigenvalue weighted by Crippen LogP contribution is -2.51. The van der Waals surface area contributed by atoms with E-state index < -0.39 is 0 Å². The number of carbonyl (C=O) groups is 2. The van der Waals surface area contributed by atoms with Crippen LogP contribution in [0.25, 0.3) is 0 Å². The highest BCUT2D eigenvalue weighted by Crippen LogP contribution is 2.62. The minimum atomic E-state index is 0.229. The molecule has 0 aromatic rings. The number of hydrogen-bond donors (Lipinski definition) is 2. The summed E-state index contributed by atoms with van der Waals surface area (Å²) in [7, 11) is 0. The highest BCUT2D eigenvalue weighted by molar-refractivity contribution is 8.15. The molecule has 0 unspecified atom stereocenters. The van der Waals surface area contributed by atoms with Gasteiger partial charge in [-0.15, -0.1) is 0 Å². The summed E-state index contributed by atoms with van der Waals surface area (Å²) in [6.07, 6.45) is 20.2. The van der Waals surface area contributed by atoms with Crippen molar-refractivity contribution in [3.8, 4) is 0 Å². The molecule has 34 heavy (non-hydrogen) atoms. The Kier molecular flexibility index (Phi) is 5.77. The number of amides is 2. The third kappa shape index (κ3) is 4.46. The molecule has 2 amide bonds. The van der Waals surface area contributed by atoms with Gasteiger partial charge >= 0.3 is 0 Å².